The number of rotatable bonds is 6. The molecule has 1 saturated heterocycles. The van der Waals surface area contributed by atoms with E-state index in [2.05, 4.69) is 5.32 Å². The van der Waals surface area contributed by atoms with Crippen molar-refractivity contribution in [3.8, 4) is 11.5 Å². The number of sulfone groups is 1. The summed E-state index contributed by atoms with van der Waals surface area (Å²) in [6.07, 6.45) is 0.612. The monoisotopic (exact) mass is 341 g/mol. The molecule has 1 aromatic carbocycles. The van der Waals surface area contributed by atoms with Gasteiger partial charge in [0.05, 0.1) is 24.7 Å². The largest absolute Gasteiger partial charge is 0.493 e. The maximum atomic E-state index is 12.2. The smallest absolute Gasteiger partial charge is 0.251 e. The normalized spacial score (nSPS) is 19.6. The van der Waals surface area contributed by atoms with Gasteiger partial charge in [-0.1, -0.05) is 0 Å². The Bertz CT molecular complexity index is 669. The van der Waals surface area contributed by atoms with Crippen LogP contribution in [0.1, 0.15) is 30.6 Å². The van der Waals surface area contributed by atoms with Crippen molar-refractivity contribution in [2.45, 2.75) is 26.4 Å². The summed E-state index contributed by atoms with van der Waals surface area (Å²) in [7, 11) is -1.40. The Hall–Kier alpha value is -1.76. The Kier molecular flexibility index (Phi) is 5.51. The molecule has 1 aliphatic rings. The second-order valence-electron chi connectivity index (χ2n) is 6.01. The summed E-state index contributed by atoms with van der Waals surface area (Å²) < 4.78 is 33.7. The molecule has 1 atom stereocenters. The van der Waals surface area contributed by atoms with Gasteiger partial charge in [-0.25, -0.2) is 8.42 Å². The second kappa shape index (κ2) is 7.21. The van der Waals surface area contributed by atoms with Gasteiger partial charge in [0.2, 0.25) is 0 Å². The van der Waals surface area contributed by atoms with Crippen LogP contribution in [0.2, 0.25) is 0 Å². The van der Waals surface area contributed by atoms with Crippen molar-refractivity contribution in [2.75, 3.05) is 25.2 Å². The fourth-order valence-corrected chi connectivity index (χ4v) is 4.39. The van der Waals surface area contributed by atoms with Crippen molar-refractivity contribution < 1.29 is 22.7 Å². The summed E-state index contributed by atoms with van der Waals surface area (Å²) in [5.41, 5.74) is 0.457. The molecule has 1 amide bonds. The summed E-state index contributed by atoms with van der Waals surface area (Å²) >= 11 is 0. The van der Waals surface area contributed by atoms with Crippen molar-refractivity contribution >= 4 is 15.7 Å². The van der Waals surface area contributed by atoms with Crippen LogP contribution in [0.3, 0.4) is 0 Å². The van der Waals surface area contributed by atoms with Gasteiger partial charge in [0.25, 0.3) is 5.91 Å². The maximum absolute atomic E-state index is 12.2. The molecule has 0 bridgehead atoms. The van der Waals surface area contributed by atoms with Gasteiger partial charge in [-0.3, -0.25) is 4.79 Å². The minimum absolute atomic E-state index is 0.00519. The van der Waals surface area contributed by atoms with E-state index in [0.29, 0.717) is 30.0 Å². The van der Waals surface area contributed by atoms with Gasteiger partial charge in [-0.15, -0.1) is 0 Å². The Labute approximate surface area is 137 Å². The molecule has 1 N–H and O–H groups in total. The van der Waals surface area contributed by atoms with Gasteiger partial charge in [-0.05, 0) is 44.4 Å². The fourth-order valence-electron chi connectivity index (χ4n) is 2.53. The number of hydrogen-bond acceptors (Lipinski definition) is 5. The van der Waals surface area contributed by atoms with E-state index in [0.717, 1.165) is 0 Å². The highest BCUT2D eigenvalue weighted by atomic mass is 32.2. The van der Waals surface area contributed by atoms with E-state index in [1.54, 1.807) is 18.2 Å². The fraction of sp³-hybridized carbons (Fsp3) is 0.562. The van der Waals surface area contributed by atoms with Crippen LogP contribution in [-0.2, 0) is 9.84 Å². The van der Waals surface area contributed by atoms with E-state index >= 15 is 0 Å². The maximum Gasteiger partial charge on any atom is 0.251 e. The summed E-state index contributed by atoms with van der Waals surface area (Å²) in [6.45, 7) is 4.19. The number of benzene rings is 1. The van der Waals surface area contributed by atoms with Crippen LogP contribution in [0, 0.1) is 5.92 Å². The molecule has 2 rings (SSSR count). The summed E-state index contributed by atoms with van der Waals surface area (Å²) in [4.78, 5) is 12.2. The zero-order valence-electron chi connectivity index (χ0n) is 13.7. The van der Waals surface area contributed by atoms with Gasteiger partial charge in [0.15, 0.2) is 21.3 Å². The summed E-state index contributed by atoms with van der Waals surface area (Å²) in [5.74, 6) is 1.19. The topological polar surface area (TPSA) is 81.7 Å². The lowest BCUT2D eigenvalue weighted by molar-refractivity contribution is 0.0948. The van der Waals surface area contributed by atoms with Crippen LogP contribution < -0.4 is 14.8 Å². The quantitative estimate of drug-likeness (QED) is 0.851. The molecule has 0 spiro atoms. The molecule has 128 valence electrons. The highest BCUT2D eigenvalue weighted by molar-refractivity contribution is 7.91. The van der Waals surface area contributed by atoms with Gasteiger partial charge < -0.3 is 14.8 Å². The number of amides is 1. The first-order chi connectivity index (χ1) is 10.8. The molecule has 6 nitrogen and oxygen atoms in total. The molecular formula is C16H23NO5S. The van der Waals surface area contributed by atoms with E-state index in [-0.39, 0.29) is 29.4 Å². The first-order valence-electron chi connectivity index (χ1n) is 7.64. The van der Waals surface area contributed by atoms with Gasteiger partial charge in [-0.2, -0.15) is 0 Å². The van der Waals surface area contributed by atoms with Crippen molar-refractivity contribution in [3.63, 3.8) is 0 Å². The molecule has 1 aliphatic heterocycles. The molecule has 7 heteroatoms. The molecule has 1 aromatic rings. The average Bonchev–Trinajstić information content (AvgIpc) is 2.84. The van der Waals surface area contributed by atoms with Crippen LogP contribution in [0.15, 0.2) is 18.2 Å². The lowest BCUT2D eigenvalue weighted by Crippen LogP contribution is -2.29. The first-order valence-corrected chi connectivity index (χ1v) is 9.46. The molecule has 0 aromatic heterocycles. The lowest BCUT2D eigenvalue weighted by Gasteiger charge is -2.15. The molecule has 0 saturated carbocycles. The van der Waals surface area contributed by atoms with E-state index in [1.807, 2.05) is 13.8 Å². The van der Waals surface area contributed by atoms with Crippen LogP contribution in [0.5, 0.6) is 11.5 Å². The minimum Gasteiger partial charge on any atom is -0.493 e. The Balaban J connectivity index is 1.99. The number of ether oxygens (including phenoxy) is 2. The van der Waals surface area contributed by atoms with Crippen LogP contribution in [-0.4, -0.2) is 45.6 Å². The standard InChI is InChI=1S/C16H23NO5S/c1-11(2)22-14-5-4-13(8-15(14)21-3)16(18)17-9-12-6-7-23(19,20)10-12/h4-5,8,11-12H,6-7,9-10H2,1-3H3,(H,17,18)/t12-/m1/s1. The zero-order chi connectivity index (χ0) is 17.0. The van der Waals surface area contributed by atoms with Crippen LogP contribution in [0.25, 0.3) is 0 Å². The molecule has 0 aliphatic carbocycles. The Morgan fingerprint density at radius 3 is 2.65 bits per heavy atom. The minimum atomic E-state index is -2.92. The van der Waals surface area contributed by atoms with Crippen LogP contribution in [0.4, 0.5) is 0 Å². The van der Waals surface area contributed by atoms with E-state index in [4.69, 9.17) is 9.47 Å². The van der Waals surface area contributed by atoms with E-state index in [9.17, 15) is 13.2 Å². The first kappa shape index (κ1) is 17.6. The highest BCUT2D eigenvalue weighted by Crippen LogP contribution is 2.29. The van der Waals surface area contributed by atoms with Crippen molar-refractivity contribution in [2.24, 2.45) is 5.92 Å². The van der Waals surface area contributed by atoms with Crippen molar-refractivity contribution in [1.29, 1.82) is 0 Å². The summed E-state index contributed by atoms with van der Waals surface area (Å²) in [6, 6.07) is 4.99. The highest BCUT2D eigenvalue weighted by Gasteiger charge is 2.28. The Morgan fingerprint density at radius 1 is 1.35 bits per heavy atom. The van der Waals surface area contributed by atoms with Gasteiger partial charge in [0.1, 0.15) is 0 Å². The average molecular weight is 341 g/mol. The SMILES string of the molecule is COc1cc(C(=O)NC[C@H]2CCS(=O)(=O)C2)ccc1OC(C)C. The second-order valence-corrected chi connectivity index (χ2v) is 8.24. The van der Waals surface area contributed by atoms with Crippen molar-refractivity contribution in [1.82, 2.24) is 5.32 Å². The lowest BCUT2D eigenvalue weighted by atomic mass is 10.1. The van der Waals surface area contributed by atoms with E-state index < -0.39 is 9.84 Å². The zero-order valence-corrected chi connectivity index (χ0v) is 14.5. The third-order valence-electron chi connectivity index (χ3n) is 3.67. The summed E-state index contributed by atoms with van der Waals surface area (Å²) in [5, 5.41) is 2.79. The van der Waals surface area contributed by atoms with E-state index in [1.165, 1.54) is 7.11 Å². The van der Waals surface area contributed by atoms with Crippen molar-refractivity contribution in [3.05, 3.63) is 23.8 Å². The molecule has 1 heterocycles. The predicted octanol–water partition coefficient (Wildman–Crippen LogP) is 1.65. The van der Waals surface area contributed by atoms with Gasteiger partial charge in [0, 0.05) is 12.1 Å². The number of methoxy groups -OCH3 is 1. The Morgan fingerprint density at radius 2 is 2.09 bits per heavy atom. The third kappa shape index (κ3) is 4.86. The number of carbonyl (C=O) groups excluding carboxylic acids is 1. The molecule has 23 heavy (non-hydrogen) atoms. The van der Waals surface area contributed by atoms with Gasteiger partial charge >= 0.3 is 0 Å². The predicted molar refractivity (Wildman–Crippen MR) is 87.9 cm³/mol. The third-order valence-corrected chi connectivity index (χ3v) is 5.50. The number of carbonyl (C=O) groups is 1. The number of nitrogens with one attached hydrogen (secondary N) is 1. The van der Waals surface area contributed by atoms with Crippen LogP contribution >= 0.6 is 0 Å². The molecule has 1 fully saturated rings. The molecule has 0 unspecified atom stereocenters. The molecule has 0 radical (unpaired) electrons. The molecular weight excluding hydrogens is 318 g/mol. The number of hydrogen-bond donors (Lipinski definition) is 1.